The van der Waals surface area contributed by atoms with Crippen molar-refractivity contribution in [2.24, 2.45) is 18.0 Å². The molecule has 1 aromatic heterocycles. The molecule has 0 aliphatic carbocycles. The largest absolute Gasteiger partial charge is 0.357 e. The van der Waals surface area contributed by atoms with E-state index >= 15 is 0 Å². The van der Waals surface area contributed by atoms with Crippen molar-refractivity contribution in [1.82, 2.24) is 25.7 Å². The first-order chi connectivity index (χ1) is 11.8. The number of aromatic nitrogens is 2. The Morgan fingerprint density at radius 1 is 1.23 bits per heavy atom. The molecule has 7 nitrogen and oxygen atoms in total. The van der Waals surface area contributed by atoms with Gasteiger partial charge in [0.1, 0.15) is 0 Å². The number of hydrogen-bond donors (Lipinski definition) is 3. The fourth-order valence-corrected chi connectivity index (χ4v) is 2.57. The third-order valence-corrected chi connectivity index (χ3v) is 4.10. The minimum atomic E-state index is 0. The van der Waals surface area contributed by atoms with Gasteiger partial charge < -0.3 is 16.0 Å². The van der Waals surface area contributed by atoms with Gasteiger partial charge in [-0.15, -0.1) is 24.0 Å². The fraction of sp³-hybridized carbons (Fsp3) is 0.722. The molecule has 1 amide bonds. The topological polar surface area (TPSA) is 83.3 Å². The molecule has 1 aromatic rings. The number of hydrogen-bond acceptors (Lipinski definition) is 3. The predicted molar refractivity (Wildman–Crippen MR) is 118 cm³/mol. The molecule has 0 aliphatic heterocycles. The second kappa shape index (κ2) is 12.1. The molecule has 0 spiro atoms. The van der Waals surface area contributed by atoms with Crippen LogP contribution in [0.3, 0.4) is 0 Å². The molecule has 0 bridgehead atoms. The minimum absolute atomic E-state index is 0. The Labute approximate surface area is 174 Å². The quantitative estimate of drug-likeness (QED) is 0.231. The van der Waals surface area contributed by atoms with Crippen LogP contribution in [0, 0.1) is 19.8 Å². The first-order valence-electron chi connectivity index (χ1n) is 9.07. The Morgan fingerprint density at radius 3 is 2.38 bits per heavy atom. The highest BCUT2D eigenvalue weighted by Gasteiger charge is 2.14. The first kappa shape index (κ1) is 24.7. The van der Waals surface area contributed by atoms with Gasteiger partial charge in [0, 0.05) is 37.8 Å². The lowest BCUT2D eigenvalue weighted by atomic mass is 10.1. The smallest absolute Gasteiger partial charge is 0.222 e. The second-order valence-electron chi connectivity index (χ2n) is 6.73. The standard InChI is InChI=1S/C18H34N6O.HI/c1-8-19-18(21-10-9-20-17(25)12(2)3)22-13(4)11-16-14(5)23-24(7)15(16)6;/h12-13H,8-11H2,1-7H3,(H,20,25)(H2,19,21,22);1H. The van der Waals surface area contributed by atoms with Crippen LogP contribution in [0.15, 0.2) is 4.99 Å². The molecule has 8 heteroatoms. The monoisotopic (exact) mass is 478 g/mol. The van der Waals surface area contributed by atoms with E-state index in [1.54, 1.807) is 0 Å². The van der Waals surface area contributed by atoms with Crippen molar-refractivity contribution in [3.05, 3.63) is 17.0 Å². The van der Waals surface area contributed by atoms with Crippen molar-refractivity contribution in [2.75, 3.05) is 19.6 Å². The Morgan fingerprint density at radius 2 is 1.88 bits per heavy atom. The molecule has 3 N–H and O–H groups in total. The van der Waals surface area contributed by atoms with Crippen LogP contribution >= 0.6 is 24.0 Å². The number of amides is 1. The van der Waals surface area contributed by atoms with Crippen LogP contribution in [-0.2, 0) is 18.3 Å². The summed E-state index contributed by atoms with van der Waals surface area (Å²) in [5.41, 5.74) is 3.55. The van der Waals surface area contributed by atoms with Gasteiger partial charge in [-0.2, -0.15) is 5.10 Å². The van der Waals surface area contributed by atoms with Crippen LogP contribution < -0.4 is 16.0 Å². The number of aryl methyl sites for hydroxylation is 2. The number of guanidine groups is 1. The molecule has 150 valence electrons. The van der Waals surface area contributed by atoms with E-state index in [2.05, 4.69) is 39.9 Å². The van der Waals surface area contributed by atoms with E-state index in [9.17, 15) is 4.79 Å². The Hall–Kier alpha value is -1.32. The summed E-state index contributed by atoms with van der Waals surface area (Å²) in [5.74, 6) is 0.832. The van der Waals surface area contributed by atoms with Gasteiger partial charge in [0.25, 0.3) is 0 Å². The van der Waals surface area contributed by atoms with Gasteiger partial charge in [0.05, 0.1) is 12.2 Å². The van der Waals surface area contributed by atoms with Gasteiger partial charge in [-0.25, -0.2) is 0 Å². The van der Waals surface area contributed by atoms with Crippen LogP contribution in [-0.4, -0.2) is 47.3 Å². The maximum atomic E-state index is 11.6. The molecule has 0 saturated carbocycles. The minimum Gasteiger partial charge on any atom is -0.357 e. The summed E-state index contributed by atoms with van der Waals surface area (Å²) in [5, 5.41) is 14.0. The molecule has 1 rings (SSSR count). The molecule has 0 fully saturated rings. The maximum absolute atomic E-state index is 11.6. The van der Waals surface area contributed by atoms with Gasteiger partial charge in [-0.3, -0.25) is 14.5 Å². The van der Waals surface area contributed by atoms with Gasteiger partial charge in [-0.1, -0.05) is 13.8 Å². The summed E-state index contributed by atoms with van der Waals surface area (Å²) < 4.78 is 1.92. The average Bonchev–Trinajstić information content (AvgIpc) is 2.77. The second-order valence-corrected chi connectivity index (χ2v) is 6.73. The molecule has 0 aromatic carbocycles. The van der Waals surface area contributed by atoms with Gasteiger partial charge in [0.2, 0.25) is 5.91 Å². The summed E-state index contributed by atoms with van der Waals surface area (Å²) in [6.07, 6.45) is 0.889. The Kier molecular flexibility index (Phi) is 11.5. The van der Waals surface area contributed by atoms with Gasteiger partial charge >= 0.3 is 0 Å². The van der Waals surface area contributed by atoms with E-state index < -0.39 is 0 Å². The van der Waals surface area contributed by atoms with Crippen LogP contribution in [0.1, 0.15) is 44.6 Å². The molecule has 1 heterocycles. The van der Waals surface area contributed by atoms with Crippen molar-refractivity contribution in [1.29, 1.82) is 0 Å². The van der Waals surface area contributed by atoms with Crippen molar-refractivity contribution in [3.8, 4) is 0 Å². The predicted octanol–water partition coefficient (Wildman–Crippen LogP) is 1.91. The van der Waals surface area contributed by atoms with E-state index in [-0.39, 0.29) is 41.8 Å². The maximum Gasteiger partial charge on any atom is 0.222 e. The number of nitrogens with one attached hydrogen (secondary N) is 3. The number of nitrogens with zero attached hydrogens (tertiary/aromatic N) is 3. The molecule has 0 saturated heterocycles. The molecular weight excluding hydrogens is 443 g/mol. The number of halogens is 1. The zero-order valence-corrected chi connectivity index (χ0v) is 19.5. The van der Waals surface area contributed by atoms with Gasteiger partial charge in [0.15, 0.2) is 5.96 Å². The SMILES string of the molecule is CCNC(=NCCNC(=O)C(C)C)NC(C)Cc1c(C)nn(C)c1C.I. The highest BCUT2D eigenvalue weighted by molar-refractivity contribution is 14.0. The van der Waals surface area contributed by atoms with E-state index in [0.717, 1.165) is 24.6 Å². The molecule has 26 heavy (non-hydrogen) atoms. The highest BCUT2D eigenvalue weighted by Crippen LogP contribution is 2.14. The molecular formula is C18H35IN6O. The van der Waals surface area contributed by atoms with Gasteiger partial charge in [-0.05, 0) is 39.7 Å². The van der Waals surface area contributed by atoms with Crippen molar-refractivity contribution >= 4 is 35.8 Å². The summed E-state index contributed by atoms with van der Waals surface area (Å²) in [6, 6.07) is 0.227. The molecule has 0 aliphatic rings. The summed E-state index contributed by atoms with van der Waals surface area (Å²) in [7, 11) is 1.97. The van der Waals surface area contributed by atoms with Crippen LogP contribution in [0.25, 0.3) is 0 Å². The summed E-state index contributed by atoms with van der Waals surface area (Å²) in [6.45, 7) is 14.0. The van der Waals surface area contributed by atoms with Crippen LogP contribution in [0.5, 0.6) is 0 Å². The average molecular weight is 478 g/mol. The highest BCUT2D eigenvalue weighted by atomic mass is 127. The lowest BCUT2D eigenvalue weighted by molar-refractivity contribution is -0.123. The lowest BCUT2D eigenvalue weighted by Gasteiger charge is -2.18. The van der Waals surface area contributed by atoms with Crippen LogP contribution in [0.2, 0.25) is 0 Å². The van der Waals surface area contributed by atoms with Crippen LogP contribution in [0.4, 0.5) is 0 Å². The lowest BCUT2D eigenvalue weighted by Crippen LogP contribution is -2.43. The number of rotatable bonds is 8. The number of carbonyl (C=O) groups is 1. The Bertz CT molecular complexity index is 597. The third-order valence-electron chi connectivity index (χ3n) is 4.10. The zero-order valence-electron chi connectivity index (χ0n) is 17.1. The van der Waals surface area contributed by atoms with E-state index in [0.29, 0.717) is 13.1 Å². The number of aliphatic imine (C=N–C) groups is 1. The van der Waals surface area contributed by atoms with Crippen molar-refractivity contribution in [3.63, 3.8) is 0 Å². The normalized spacial score (nSPS) is 12.5. The van der Waals surface area contributed by atoms with E-state index in [1.807, 2.05) is 39.4 Å². The number of carbonyl (C=O) groups excluding carboxylic acids is 1. The van der Waals surface area contributed by atoms with E-state index in [4.69, 9.17) is 0 Å². The molecule has 0 radical (unpaired) electrons. The fourth-order valence-electron chi connectivity index (χ4n) is 2.57. The first-order valence-corrected chi connectivity index (χ1v) is 9.07. The van der Waals surface area contributed by atoms with E-state index in [1.165, 1.54) is 11.3 Å². The van der Waals surface area contributed by atoms with Crippen molar-refractivity contribution in [2.45, 2.75) is 54.0 Å². The molecule has 1 atom stereocenters. The van der Waals surface area contributed by atoms with Crippen molar-refractivity contribution < 1.29 is 4.79 Å². The zero-order chi connectivity index (χ0) is 19.0. The summed E-state index contributed by atoms with van der Waals surface area (Å²) >= 11 is 0. The summed E-state index contributed by atoms with van der Waals surface area (Å²) in [4.78, 5) is 16.1. The Balaban J connectivity index is 0.00000625. The third kappa shape index (κ3) is 7.92. The molecule has 1 unspecified atom stereocenters.